The molecule has 0 fully saturated rings. The monoisotopic (exact) mass is 410 g/mol. The van der Waals surface area contributed by atoms with Crippen LogP contribution in [0.2, 0.25) is 0 Å². The summed E-state index contributed by atoms with van der Waals surface area (Å²) in [5.41, 5.74) is 1.37. The molecule has 4 aromatic rings. The van der Waals surface area contributed by atoms with Crippen molar-refractivity contribution in [3.63, 3.8) is 0 Å². The van der Waals surface area contributed by atoms with Crippen LogP contribution in [0.3, 0.4) is 0 Å². The fraction of sp³-hybridized carbons (Fsp3) is 0.250. The van der Waals surface area contributed by atoms with Crippen LogP contribution in [-0.4, -0.2) is 32.3 Å². The van der Waals surface area contributed by atoms with Gasteiger partial charge in [-0.15, -0.1) is 21.5 Å². The number of ether oxygens (including phenoxy) is 1. The molecule has 0 radical (unpaired) electrons. The summed E-state index contributed by atoms with van der Waals surface area (Å²) in [4.78, 5) is 30.2. The number of carbonyl (C=O) groups excluding carboxylic acids is 1. The quantitative estimate of drug-likeness (QED) is 0.451. The molecule has 0 atom stereocenters. The molecule has 0 spiro atoms. The molecule has 0 N–H and O–H groups in total. The Labute approximate surface area is 169 Å². The molecule has 0 amide bonds. The van der Waals surface area contributed by atoms with Crippen molar-refractivity contribution in [2.45, 2.75) is 26.8 Å². The fourth-order valence-electron chi connectivity index (χ4n) is 3.00. The van der Waals surface area contributed by atoms with Crippen molar-refractivity contribution in [1.29, 1.82) is 0 Å². The summed E-state index contributed by atoms with van der Waals surface area (Å²) in [7, 11) is 0. The first-order chi connectivity index (χ1) is 14.1. The first kappa shape index (κ1) is 19.0. The predicted octanol–water partition coefficient (Wildman–Crippen LogP) is 2.97. The second-order valence-corrected chi connectivity index (χ2v) is 7.39. The van der Waals surface area contributed by atoms with E-state index in [0.29, 0.717) is 38.9 Å². The lowest BCUT2D eigenvalue weighted by Crippen LogP contribution is -2.21. The SMILES string of the molecule is CCOC(=O)c1sc2ncn(Cc3nnc(Cc4ccccc4)o3)c(=O)c2c1C. The number of benzene rings is 1. The fourth-order valence-corrected chi connectivity index (χ4v) is 4.04. The van der Waals surface area contributed by atoms with E-state index in [1.807, 2.05) is 30.3 Å². The van der Waals surface area contributed by atoms with E-state index in [1.165, 1.54) is 10.9 Å². The van der Waals surface area contributed by atoms with Crippen LogP contribution in [0.1, 0.15) is 39.5 Å². The van der Waals surface area contributed by atoms with Gasteiger partial charge in [-0.1, -0.05) is 30.3 Å². The molecule has 3 heterocycles. The van der Waals surface area contributed by atoms with Crippen LogP contribution < -0.4 is 5.56 Å². The highest BCUT2D eigenvalue weighted by Crippen LogP contribution is 2.27. The van der Waals surface area contributed by atoms with Crippen molar-refractivity contribution in [1.82, 2.24) is 19.7 Å². The highest BCUT2D eigenvalue weighted by Gasteiger charge is 2.20. The van der Waals surface area contributed by atoms with E-state index in [1.54, 1.807) is 13.8 Å². The minimum atomic E-state index is -0.443. The van der Waals surface area contributed by atoms with Crippen LogP contribution in [0.25, 0.3) is 10.2 Å². The van der Waals surface area contributed by atoms with Gasteiger partial charge in [-0.2, -0.15) is 0 Å². The zero-order valence-electron chi connectivity index (χ0n) is 15.9. The van der Waals surface area contributed by atoms with Crippen molar-refractivity contribution in [2.24, 2.45) is 0 Å². The molecule has 0 saturated heterocycles. The summed E-state index contributed by atoms with van der Waals surface area (Å²) in [5, 5.41) is 8.49. The van der Waals surface area contributed by atoms with Gasteiger partial charge in [0, 0.05) is 0 Å². The number of aryl methyl sites for hydroxylation is 1. The molecular formula is C20H18N4O4S. The van der Waals surface area contributed by atoms with Crippen LogP contribution in [0, 0.1) is 6.92 Å². The normalized spacial score (nSPS) is 11.1. The summed E-state index contributed by atoms with van der Waals surface area (Å²) in [6.07, 6.45) is 1.95. The van der Waals surface area contributed by atoms with Crippen molar-refractivity contribution >= 4 is 27.5 Å². The average Bonchev–Trinajstić information content (AvgIpc) is 3.29. The van der Waals surface area contributed by atoms with Gasteiger partial charge in [-0.25, -0.2) is 9.78 Å². The van der Waals surface area contributed by atoms with Gasteiger partial charge in [0.25, 0.3) is 5.56 Å². The molecule has 3 aromatic heterocycles. The zero-order chi connectivity index (χ0) is 20.4. The van der Waals surface area contributed by atoms with Crippen LogP contribution in [0.5, 0.6) is 0 Å². The standard InChI is InChI=1S/C20H18N4O4S/c1-3-27-20(26)17-12(2)16-18(29-17)21-11-24(19(16)25)10-15-23-22-14(28-15)9-13-7-5-4-6-8-13/h4-8,11H,3,9-10H2,1-2H3. The maximum atomic E-state index is 12.9. The van der Waals surface area contributed by atoms with Gasteiger partial charge < -0.3 is 9.15 Å². The minimum absolute atomic E-state index is 0.105. The molecule has 0 aliphatic rings. The van der Waals surface area contributed by atoms with Crippen LogP contribution in [-0.2, 0) is 17.7 Å². The lowest BCUT2D eigenvalue weighted by atomic mass is 10.2. The summed E-state index contributed by atoms with van der Waals surface area (Å²) in [6.45, 7) is 3.84. The van der Waals surface area contributed by atoms with E-state index in [-0.39, 0.29) is 18.7 Å². The van der Waals surface area contributed by atoms with Crippen molar-refractivity contribution in [3.8, 4) is 0 Å². The van der Waals surface area contributed by atoms with Gasteiger partial charge in [0.2, 0.25) is 11.8 Å². The molecule has 29 heavy (non-hydrogen) atoms. The third-order valence-electron chi connectivity index (χ3n) is 4.39. The first-order valence-electron chi connectivity index (χ1n) is 9.07. The highest BCUT2D eigenvalue weighted by molar-refractivity contribution is 7.20. The van der Waals surface area contributed by atoms with E-state index < -0.39 is 5.97 Å². The van der Waals surface area contributed by atoms with E-state index in [0.717, 1.165) is 16.9 Å². The largest absolute Gasteiger partial charge is 0.462 e. The Morgan fingerprint density at radius 2 is 1.97 bits per heavy atom. The number of hydrogen-bond donors (Lipinski definition) is 0. The molecule has 8 nitrogen and oxygen atoms in total. The summed E-state index contributed by atoms with van der Waals surface area (Å²) < 4.78 is 12.1. The van der Waals surface area contributed by atoms with Crippen LogP contribution in [0.15, 0.2) is 45.9 Å². The second kappa shape index (κ2) is 7.96. The van der Waals surface area contributed by atoms with Gasteiger partial charge in [0.1, 0.15) is 16.3 Å². The van der Waals surface area contributed by atoms with Gasteiger partial charge in [0.05, 0.1) is 24.7 Å². The van der Waals surface area contributed by atoms with Crippen molar-refractivity contribution in [2.75, 3.05) is 6.61 Å². The number of hydrogen-bond acceptors (Lipinski definition) is 8. The molecule has 0 aliphatic heterocycles. The lowest BCUT2D eigenvalue weighted by molar-refractivity contribution is 0.0531. The number of thiophene rings is 1. The average molecular weight is 410 g/mol. The molecule has 9 heteroatoms. The molecule has 0 bridgehead atoms. The summed E-state index contributed by atoms with van der Waals surface area (Å²) >= 11 is 1.16. The van der Waals surface area contributed by atoms with Crippen LogP contribution >= 0.6 is 11.3 Å². The molecule has 148 valence electrons. The maximum Gasteiger partial charge on any atom is 0.348 e. The molecular weight excluding hydrogens is 392 g/mol. The van der Waals surface area contributed by atoms with Gasteiger partial charge in [-0.3, -0.25) is 9.36 Å². The number of aromatic nitrogens is 4. The molecule has 1 aromatic carbocycles. The third-order valence-corrected chi connectivity index (χ3v) is 5.57. The Kier molecular flexibility index (Phi) is 5.22. The van der Waals surface area contributed by atoms with Gasteiger partial charge in [-0.05, 0) is 25.0 Å². The number of esters is 1. The Bertz CT molecular complexity index is 1230. The Hall–Kier alpha value is -3.33. The lowest BCUT2D eigenvalue weighted by Gasteiger charge is -2.02. The number of fused-ring (bicyclic) bond motifs is 1. The zero-order valence-corrected chi connectivity index (χ0v) is 16.7. The highest BCUT2D eigenvalue weighted by atomic mass is 32.1. The number of rotatable bonds is 6. The van der Waals surface area contributed by atoms with Crippen molar-refractivity contribution in [3.05, 3.63) is 74.8 Å². The van der Waals surface area contributed by atoms with Crippen LogP contribution in [0.4, 0.5) is 0 Å². The van der Waals surface area contributed by atoms with E-state index in [9.17, 15) is 9.59 Å². The molecule has 0 saturated carbocycles. The third kappa shape index (κ3) is 3.81. The topological polar surface area (TPSA) is 100 Å². The maximum absolute atomic E-state index is 12.9. The minimum Gasteiger partial charge on any atom is -0.462 e. The Morgan fingerprint density at radius 3 is 2.72 bits per heavy atom. The molecule has 0 unspecified atom stereocenters. The van der Waals surface area contributed by atoms with Gasteiger partial charge >= 0.3 is 5.97 Å². The Balaban J connectivity index is 1.60. The predicted molar refractivity (Wildman–Crippen MR) is 107 cm³/mol. The van der Waals surface area contributed by atoms with E-state index >= 15 is 0 Å². The van der Waals surface area contributed by atoms with E-state index in [2.05, 4.69) is 15.2 Å². The van der Waals surface area contributed by atoms with Crippen molar-refractivity contribution < 1.29 is 13.9 Å². The summed E-state index contributed by atoms with van der Waals surface area (Å²) in [5.74, 6) is 0.351. The number of nitrogens with zero attached hydrogens (tertiary/aromatic N) is 4. The molecule has 0 aliphatic carbocycles. The first-order valence-corrected chi connectivity index (χ1v) is 9.89. The Morgan fingerprint density at radius 1 is 1.21 bits per heavy atom. The number of carbonyl (C=O) groups is 1. The van der Waals surface area contributed by atoms with E-state index in [4.69, 9.17) is 9.15 Å². The molecule has 4 rings (SSSR count). The smallest absolute Gasteiger partial charge is 0.348 e. The van der Waals surface area contributed by atoms with Gasteiger partial charge in [0.15, 0.2) is 0 Å². The summed E-state index contributed by atoms with van der Waals surface area (Å²) in [6, 6.07) is 9.79. The second-order valence-electron chi connectivity index (χ2n) is 6.39.